The minimum atomic E-state index is -3.74. The Bertz CT molecular complexity index is 1450. The molecule has 2 aromatic heterocycles. The zero-order valence-electron chi connectivity index (χ0n) is 19.7. The highest BCUT2D eigenvalue weighted by molar-refractivity contribution is 7.98. The predicted octanol–water partition coefficient (Wildman–Crippen LogP) is 2.59. The fourth-order valence-corrected chi connectivity index (χ4v) is 4.98. The van der Waals surface area contributed by atoms with Crippen LogP contribution in [0, 0.1) is 13.8 Å². The molecule has 0 fully saturated rings. The number of amides is 1. The van der Waals surface area contributed by atoms with Crippen LogP contribution in [0.3, 0.4) is 0 Å². The summed E-state index contributed by atoms with van der Waals surface area (Å²) in [4.78, 5) is 22.0. The summed E-state index contributed by atoms with van der Waals surface area (Å²) in [5, 5.41) is 17.0. The Morgan fingerprint density at radius 2 is 1.69 bits per heavy atom. The quantitative estimate of drug-likeness (QED) is 0.251. The monoisotopic (exact) mass is 523 g/mol. The number of nitrogens with one attached hydrogen (secondary N) is 1. The van der Waals surface area contributed by atoms with Crippen molar-refractivity contribution >= 4 is 27.7 Å². The molecule has 4 rings (SSSR count). The van der Waals surface area contributed by atoms with Crippen LogP contribution >= 0.6 is 11.8 Å². The SMILES string of the molecule is Cc1cc(C)nc(SCc2c(C(=O)NCCc3ccc(S(N)(=O)=O)cc3)nnn2-c2ccccc2)n1. The van der Waals surface area contributed by atoms with Crippen molar-refractivity contribution in [1.82, 2.24) is 30.3 Å². The Hall–Kier alpha value is -3.61. The molecule has 0 aliphatic carbocycles. The van der Waals surface area contributed by atoms with Crippen molar-refractivity contribution in [2.45, 2.75) is 36.1 Å². The van der Waals surface area contributed by atoms with Crippen molar-refractivity contribution in [3.63, 3.8) is 0 Å². The van der Waals surface area contributed by atoms with E-state index in [1.807, 2.05) is 50.2 Å². The van der Waals surface area contributed by atoms with Crippen LogP contribution < -0.4 is 10.5 Å². The Kier molecular flexibility index (Phi) is 7.77. The second-order valence-corrected chi connectivity index (χ2v) is 10.6. The number of hydrogen-bond donors (Lipinski definition) is 2. The summed E-state index contributed by atoms with van der Waals surface area (Å²) >= 11 is 1.41. The van der Waals surface area contributed by atoms with E-state index in [1.165, 1.54) is 23.9 Å². The molecular weight excluding hydrogens is 498 g/mol. The zero-order chi connectivity index (χ0) is 25.7. The maximum Gasteiger partial charge on any atom is 0.273 e. The lowest BCUT2D eigenvalue weighted by atomic mass is 10.1. The van der Waals surface area contributed by atoms with Gasteiger partial charge in [0.25, 0.3) is 5.91 Å². The van der Waals surface area contributed by atoms with Crippen LogP contribution in [-0.4, -0.2) is 45.8 Å². The Morgan fingerprint density at radius 3 is 2.33 bits per heavy atom. The number of thioether (sulfide) groups is 1. The molecule has 0 radical (unpaired) electrons. The van der Waals surface area contributed by atoms with Gasteiger partial charge in [0.1, 0.15) is 0 Å². The molecule has 1 amide bonds. The van der Waals surface area contributed by atoms with Gasteiger partial charge in [-0.2, -0.15) is 0 Å². The topological polar surface area (TPSA) is 146 Å². The Morgan fingerprint density at radius 1 is 1.03 bits per heavy atom. The maximum absolute atomic E-state index is 13.0. The first-order chi connectivity index (χ1) is 17.2. The summed E-state index contributed by atoms with van der Waals surface area (Å²) in [6, 6.07) is 17.6. The number of carbonyl (C=O) groups excluding carboxylic acids is 1. The van der Waals surface area contributed by atoms with Crippen molar-refractivity contribution < 1.29 is 13.2 Å². The van der Waals surface area contributed by atoms with Crippen LogP contribution in [0.2, 0.25) is 0 Å². The summed E-state index contributed by atoms with van der Waals surface area (Å²) in [5.41, 5.74) is 4.24. The van der Waals surface area contributed by atoms with E-state index >= 15 is 0 Å². The molecule has 0 bridgehead atoms. The molecule has 3 N–H and O–H groups in total. The number of rotatable bonds is 9. The first-order valence-electron chi connectivity index (χ1n) is 11.1. The number of aryl methyl sites for hydroxylation is 2. The van der Waals surface area contributed by atoms with Gasteiger partial charge < -0.3 is 5.32 Å². The molecule has 36 heavy (non-hydrogen) atoms. The minimum Gasteiger partial charge on any atom is -0.350 e. The molecule has 2 aromatic carbocycles. The number of primary sulfonamides is 1. The van der Waals surface area contributed by atoms with E-state index in [0.717, 1.165) is 22.6 Å². The van der Waals surface area contributed by atoms with Gasteiger partial charge in [0, 0.05) is 23.7 Å². The van der Waals surface area contributed by atoms with Gasteiger partial charge in [-0.25, -0.2) is 28.2 Å². The van der Waals surface area contributed by atoms with Crippen molar-refractivity contribution in [2.24, 2.45) is 5.14 Å². The van der Waals surface area contributed by atoms with Gasteiger partial charge in [0.2, 0.25) is 10.0 Å². The third-order valence-electron chi connectivity index (χ3n) is 5.23. The summed E-state index contributed by atoms with van der Waals surface area (Å²) < 4.78 is 24.5. The van der Waals surface area contributed by atoms with Crippen LogP contribution in [-0.2, 0) is 22.2 Å². The highest BCUT2D eigenvalue weighted by Gasteiger charge is 2.21. The number of aromatic nitrogens is 5. The zero-order valence-corrected chi connectivity index (χ0v) is 21.4. The average molecular weight is 524 g/mol. The second-order valence-electron chi connectivity index (χ2n) is 8.05. The van der Waals surface area contributed by atoms with Crippen LogP contribution in [0.5, 0.6) is 0 Å². The summed E-state index contributed by atoms with van der Waals surface area (Å²) in [7, 11) is -3.74. The van der Waals surface area contributed by atoms with E-state index in [1.54, 1.807) is 16.8 Å². The third kappa shape index (κ3) is 6.33. The smallest absolute Gasteiger partial charge is 0.273 e. The van der Waals surface area contributed by atoms with Gasteiger partial charge in [-0.1, -0.05) is 47.3 Å². The van der Waals surface area contributed by atoms with Crippen LogP contribution in [0.1, 0.15) is 33.1 Å². The lowest BCUT2D eigenvalue weighted by Crippen LogP contribution is -2.27. The predicted molar refractivity (Wildman–Crippen MR) is 136 cm³/mol. The van der Waals surface area contributed by atoms with Crippen molar-refractivity contribution in [3.8, 4) is 5.69 Å². The fourth-order valence-electron chi connectivity index (χ4n) is 3.53. The standard InChI is InChI=1S/C24H25N7O3S2/c1-16-14-17(2)28-24(27-16)35-15-21-22(29-30-31(21)19-6-4-3-5-7-19)23(32)26-13-12-18-8-10-20(11-9-18)36(25,33)34/h3-11,14H,12-13,15H2,1-2H3,(H,26,32)(H2,25,33,34). The van der Waals surface area contributed by atoms with Gasteiger partial charge in [-0.05, 0) is 56.2 Å². The van der Waals surface area contributed by atoms with Crippen molar-refractivity contribution in [1.29, 1.82) is 0 Å². The van der Waals surface area contributed by atoms with Gasteiger partial charge in [-0.3, -0.25) is 4.79 Å². The lowest BCUT2D eigenvalue weighted by Gasteiger charge is -2.09. The van der Waals surface area contributed by atoms with Crippen molar-refractivity contribution in [2.75, 3.05) is 6.54 Å². The normalized spacial score (nSPS) is 11.4. The summed E-state index contributed by atoms with van der Waals surface area (Å²) in [5.74, 6) is 0.0398. The molecule has 2 heterocycles. The minimum absolute atomic E-state index is 0.0442. The second kappa shape index (κ2) is 11.0. The molecule has 186 valence electrons. The van der Waals surface area contributed by atoms with E-state index in [2.05, 4.69) is 25.6 Å². The molecule has 10 nitrogen and oxygen atoms in total. The summed E-state index contributed by atoms with van der Waals surface area (Å²) in [6.45, 7) is 4.16. The molecule has 0 saturated heterocycles. The fraction of sp³-hybridized carbons (Fsp3) is 0.208. The molecule has 0 saturated carbocycles. The Labute approximate surface area is 213 Å². The van der Waals surface area contributed by atoms with Crippen LogP contribution in [0.25, 0.3) is 5.69 Å². The molecular formula is C24H25N7O3S2. The average Bonchev–Trinajstić information content (AvgIpc) is 3.26. The van der Waals surface area contributed by atoms with Gasteiger partial charge in [0.15, 0.2) is 10.9 Å². The number of sulfonamides is 1. The van der Waals surface area contributed by atoms with Crippen LogP contribution in [0.4, 0.5) is 0 Å². The number of carbonyl (C=O) groups is 1. The Balaban J connectivity index is 1.50. The van der Waals surface area contributed by atoms with E-state index in [9.17, 15) is 13.2 Å². The van der Waals surface area contributed by atoms with Gasteiger partial charge >= 0.3 is 0 Å². The van der Waals surface area contributed by atoms with E-state index in [4.69, 9.17) is 5.14 Å². The number of para-hydroxylation sites is 1. The number of nitrogens with zero attached hydrogens (tertiary/aromatic N) is 5. The van der Waals surface area contributed by atoms with Crippen LogP contribution in [0.15, 0.2) is 70.7 Å². The molecule has 0 spiro atoms. The maximum atomic E-state index is 13.0. The van der Waals surface area contributed by atoms with Gasteiger partial charge in [-0.15, -0.1) is 5.10 Å². The third-order valence-corrected chi connectivity index (χ3v) is 7.02. The molecule has 0 unspecified atom stereocenters. The summed E-state index contributed by atoms with van der Waals surface area (Å²) in [6.07, 6.45) is 0.504. The highest BCUT2D eigenvalue weighted by atomic mass is 32.2. The van der Waals surface area contributed by atoms with E-state index in [-0.39, 0.29) is 16.5 Å². The first kappa shape index (κ1) is 25.5. The molecule has 4 aromatic rings. The van der Waals surface area contributed by atoms with Crippen molar-refractivity contribution in [3.05, 3.63) is 89.0 Å². The van der Waals surface area contributed by atoms with E-state index < -0.39 is 10.0 Å². The number of hydrogen-bond acceptors (Lipinski definition) is 8. The first-order valence-corrected chi connectivity index (χ1v) is 13.6. The van der Waals surface area contributed by atoms with E-state index in [0.29, 0.717) is 29.6 Å². The highest BCUT2D eigenvalue weighted by Crippen LogP contribution is 2.23. The molecule has 12 heteroatoms. The largest absolute Gasteiger partial charge is 0.350 e. The molecule has 0 aliphatic rings. The van der Waals surface area contributed by atoms with Gasteiger partial charge in [0.05, 0.1) is 16.3 Å². The molecule has 0 atom stereocenters. The number of nitrogens with two attached hydrogens (primary N) is 1. The lowest BCUT2D eigenvalue weighted by molar-refractivity contribution is 0.0948. The molecule has 0 aliphatic heterocycles. The number of benzene rings is 2.